The lowest BCUT2D eigenvalue weighted by molar-refractivity contribution is -0.130. The summed E-state index contributed by atoms with van der Waals surface area (Å²) in [6.07, 6.45) is 0.126. The number of carbonyl (C=O) groups is 1. The number of aromatic nitrogens is 2. The topological polar surface area (TPSA) is 126 Å². The molecule has 1 aliphatic rings. The van der Waals surface area contributed by atoms with Gasteiger partial charge in [0.05, 0.1) is 31.7 Å². The van der Waals surface area contributed by atoms with E-state index in [1.807, 2.05) is 0 Å². The third kappa shape index (κ3) is 3.75. The Morgan fingerprint density at radius 3 is 2.36 bits per heavy atom. The number of H-pyrrole nitrogens is 1. The largest absolute Gasteiger partial charge is 0.496 e. The van der Waals surface area contributed by atoms with Crippen molar-refractivity contribution < 1.29 is 19.4 Å². The Kier molecular flexibility index (Phi) is 5.74. The highest BCUT2D eigenvalue weighted by Gasteiger charge is 2.36. The highest BCUT2D eigenvalue weighted by atomic mass is 16.5. The molecule has 0 bridgehead atoms. The van der Waals surface area contributed by atoms with Crippen LogP contribution in [0.3, 0.4) is 0 Å². The Labute approximate surface area is 188 Å². The maximum Gasteiger partial charge on any atom is 0.335 e. The molecule has 10 nitrogen and oxygen atoms in total. The van der Waals surface area contributed by atoms with Crippen molar-refractivity contribution >= 4 is 11.6 Å². The number of methoxy groups -OCH3 is 2. The van der Waals surface area contributed by atoms with Crippen LogP contribution in [0.2, 0.25) is 0 Å². The molecule has 33 heavy (non-hydrogen) atoms. The van der Waals surface area contributed by atoms with E-state index < -0.39 is 23.2 Å². The Morgan fingerprint density at radius 2 is 1.70 bits per heavy atom. The number of aromatic hydroxyl groups is 1. The van der Waals surface area contributed by atoms with E-state index in [9.17, 15) is 19.5 Å². The Balaban J connectivity index is 1.88. The van der Waals surface area contributed by atoms with Crippen molar-refractivity contribution in [2.24, 2.45) is 5.10 Å². The lowest BCUT2D eigenvalue weighted by Crippen LogP contribution is -2.33. The number of hydrogen-bond acceptors (Lipinski definition) is 7. The van der Waals surface area contributed by atoms with Crippen LogP contribution in [-0.2, 0) is 4.79 Å². The molecule has 0 saturated carbocycles. The Morgan fingerprint density at radius 1 is 1.06 bits per heavy atom. The summed E-state index contributed by atoms with van der Waals surface area (Å²) in [5, 5.41) is 16.6. The third-order valence-electron chi connectivity index (χ3n) is 5.43. The second kappa shape index (κ2) is 8.65. The number of para-hydroxylation sites is 3. The number of benzene rings is 2. The fourth-order valence-corrected chi connectivity index (χ4v) is 3.96. The second-order valence-electron chi connectivity index (χ2n) is 7.34. The first-order valence-corrected chi connectivity index (χ1v) is 10.1. The van der Waals surface area contributed by atoms with Crippen LogP contribution in [0.5, 0.6) is 17.4 Å². The van der Waals surface area contributed by atoms with Gasteiger partial charge in [-0.2, -0.15) is 5.10 Å². The minimum atomic E-state index is -0.839. The van der Waals surface area contributed by atoms with E-state index in [1.165, 1.54) is 26.2 Å². The molecule has 0 spiro atoms. The molecule has 0 aliphatic carbocycles. The van der Waals surface area contributed by atoms with Gasteiger partial charge in [-0.15, -0.1) is 0 Å². The Hall–Kier alpha value is -4.34. The van der Waals surface area contributed by atoms with Crippen molar-refractivity contribution in [1.29, 1.82) is 0 Å². The molecule has 1 aromatic heterocycles. The molecular weight excluding hydrogens is 428 g/mol. The van der Waals surface area contributed by atoms with E-state index >= 15 is 0 Å². The van der Waals surface area contributed by atoms with Crippen molar-refractivity contribution in [2.75, 3.05) is 14.2 Å². The number of amides is 1. The first-order chi connectivity index (χ1) is 15.9. The van der Waals surface area contributed by atoms with Crippen LogP contribution >= 0.6 is 0 Å². The molecule has 0 saturated heterocycles. The van der Waals surface area contributed by atoms with Crippen LogP contribution < -0.4 is 20.7 Å². The monoisotopic (exact) mass is 450 g/mol. The first-order valence-electron chi connectivity index (χ1n) is 10.1. The number of nitrogens with zero attached hydrogens (tertiary/aromatic N) is 3. The van der Waals surface area contributed by atoms with E-state index in [4.69, 9.17) is 9.47 Å². The summed E-state index contributed by atoms with van der Waals surface area (Å²) in [7, 11) is 2.95. The summed E-state index contributed by atoms with van der Waals surface area (Å²) in [4.78, 5) is 40.0. The lowest BCUT2D eigenvalue weighted by atomic mass is 9.98. The molecule has 2 heterocycles. The van der Waals surface area contributed by atoms with Crippen LogP contribution in [0.25, 0.3) is 5.69 Å². The van der Waals surface area contributed by atoms with Gasteiger partial charge >= 0.3 is 5.69 Å². The SMILES string of the molecule is COc1ccccc1[C@H]1CC(c2c(O)n(-c3ccccc3OC)c(=O)[nH]c2=O)=NN1C(C)=O. The molecule has 1 amide bonds. The summed E-state index contributed by atoms with van der Waals surface area (Å²) in [6.45, 7) is 1.36. The average Bonchev–Trinajstić information content (AvgIpc) is 3.24. The Bertz CT molecular complexity index is 1370. The van der Waals surface area contributed by atoms with Gasteiger partial charge in [-0.1, -0.05) is 30.3 Å². The zero-order valence-electron chi connectivity index (χ0n) is 18.2. The highest BCUT2D eigenvalue weighted by molar-refractivity contribution is 6.04. The predicted octanol–water partition coefficient (Wildman–Crippen LogP) is 1.95. The first kappa shape index (κ1) is 21.9. The predicted molar refractivity (Wildman–Crippen MR) is 120 cm³/mol. The number of nitrogens with one attached hydrogen (secondary N) is 1. The van der Waals surface area contributed by atoms with Gasteiger partial charge in [0.1, 0.15) is 17.1 Å². The van der Waals surface area contributed by atoms with Gasteiger partial charge in [-0.05, 0) is 18.2 Å². The van der Waals surface area contributed by atoms with Gasteiger partial charge in [0.25, 0.3) is 5.56 Å². The molecular formula is C23H22N4O6. The number of aromatic amines is 1. The summed E-state index contributed by atoms with van der Waals surface area (Å²) in [6, 6.07) is 13.2. The third-order valence-corrected chi connectivity index (χ3v) is 5.43. The molecule has 4 rings (SSSR count). The summed E-state index contributed by atoms with van der Waals surface area (Å²) in [5.41, 5.74) is -0.764. The minimum Gasteiger partial charge on any atom is -0.496 e. The average molecular weight is 450 g/mol. The van der Waals surface area contributed by atoms with Crippen LogP contribution in [0, 0.1) is 0 Å². The van der Waals surface area contributed by atoms with Crippen LogP contribution in [0.1, 0.15) is 30.5 Å². The normalized spacial score (nSPS) is 15.3. The van der Waals surface area contributed by atoms with Gasteiger partial charge in [0.15, 0.2) is 0 Å². The van der Waals surface area contributed by atoms with Crippen molar-refractivity contribution in [3.05, 3.63) is 80.5 Å². The molecule has 0 fully saturated rings. The van der Waals surface area contributed by atoms with Crippen LogP contribution in [0.4, 0.5) is 0 Å². The molecule has 10 heteroatoms. The van der Waals surface area contributed by atoms with E-state index in [0.717, 1.165) is 4.57 Å². The molecule has 2 aromatic carbocycles. The van der Waals surface area contributed by atoms with Crippen molar-refractivity contribution in [1.82, 2.24) is 14.6 Å². The number of rotatable bonds is 5. The van der Waals surface area contributed by atoms with Gasteiger partial charge in [-0.25, -0.2) is 14.4 Å². The zero-order valence-corrected chi connectivity index (χ0v) is 18.2. The van der Waals surface area contributed by atoms with E-state index in [-0.39, 0.29) is 29.3 Å². The molecule has 1 atom stereocenters. The molecule has 2 N–H and O–H groups in total. The van der Waals surface area contributed by atoms with Crippen molar-refractivity contribution in [2.45, 2.75) is 19.4 Å². The maximum atomic E-state index is 12.8. The summed E-state index contributed by atoms with van der Waals surface area (Å²) in [5.74, 6) is -0.0769. The molecule has 0 unspecified atom stereocenters. The number of carbonyl (C=O) groups excluding carboxylic acids is 1. The fraction of sp³-hybridized carbons (Fsp3) is 0.217. The van der Waals surface area contributed by atoms with Gasteiger partial charge in [0.2, 0.25) is 11.8 Å². The molecule has 3 aromatic rings. The molecule has 0 radical (unpaired) electrons. The summed E-state index contributed by atoms with van der Waals surface area (Å²) >= 11 is 0. The van der Waals surface area contributed by atoms with E-state index in [1.54, 1.807) is 48.5 Å². The number of ether oxygens (including phenoxy) is 2. The minimum absolute atomic E-state index is 0.126. The van der Waals surface area contributed by atoms with E-state index in [0.29, 0.717) is 17.1 Å². The smallest absolute Gasteiger partial charge is 0.335 e. The summed E-state index contributed by atoms with van der Waals surface area (Å²) < 4.78 is 11.7. The van der Waals surface area contributed by atoms with Gasteiger partial charge < -0.3 is 14.6 Å². The lowest BCUT2D eigenvalue weighted by Gasteiger charge is -2.22. The van der Waals surface area contributed by atoms with Gasteiger partial charge in [0, 0.05) is 18.9 Å². The van der Waals surface area contributed by atoms with Crippen molar-refractivity contribution in [3.63, 3.8) is 0 Å². The highest BCUT2D eigenvalue weighted by Crippen LogP contribution is 2.38. The molecule has 1 aliphatic heterocycles. The van der Waals surface area contributed by atoms with E-state index in [2.05, 4.69) is 10.1 Å². The number of hydrazone groups is 1. The maximum absolute atomic E-state index is 12.8. The van der Waals surface area contributed by atoms with Gasteiger partial charge in [-0.3, -0.25) is 14.6 Å². The number of hydrogen-bond donors (Lipinski definition) is 2. The van der Waals surface area contributed by atoms with Crippen LogP contribution in [-0.4, -0.2) is 45.5 Å². The zero-order chi connectivity index (χ0) is 23.7. The quantitative estimate of drug-likeness (QED) is 0.612. The van der Waals surface area contributed by atoms with Crippen LogP contribution in [0.15, 0.2) is 63.2 Å². The molecule has 170 valence electrons. The fourth-order valence-electron chi connectivity index (χ4n) is 3.96. The standard InChI is InChI=1S/C23H22N4O6/c1-13(28)27-17(14-8-4-6-10-18(14)32-2)12-15(25-27)20-21(29)24-23(31)26(22(20)30)16-9-5-7-11-19(16)33-3/h4-11,17,30H,12H2,1-3H3,(H,24,29,31)/t17-/m1/s1. The van der Waals surface area contributed by atoms with Crippen molar-refractivity contribution in [3.8, 4) is 23.1 Å². The second-order valence-corrected chi connectivity index (χ2v) is 7.34.